The molecular weight excluding hydrogens is 216 g/mol. The van der Waals surface area contributed by atoms with Gasteiger partial charge >= 0.3 is 0 Å². The molecule has 0 aliphatic rings. The van der Waals surface area contributed by atoms with Crippen molar-refractivity contribution >= 4 is 11.2 Å². The summed E-state index contributed by atoms with van der Waals surface area (Å²) in [6.07, 6.45) is 6.90. The molecule has 0 aromatic rings. The maximum atomic E-state index is 12.6. The van der Waals surface area contributed by atoms with Crippen LogP contribution in [0.15, 0.2) is 0 Å². The Labute approximate surface area is 106 Å². The number of rotatable bonds is 8. The zero-order valence-electron chi connectivity index (χ0n) is 12.1. The fourth-order valence-electron chi connectivity index (χ4n) is 2.14. The lowest BCUT2D eigenvalue weighted by Gasteiger charge is -2.39. The molecule has 0 aliphatic heterocycles. The van der Waals surface area contributed by atoms with Crippen LogP contribution in [0.5, 0.6) is 0 Å². The molecule has 0 aliphatic carbocycles. The van der Waals surface area contributed by atoms with Crippen molar-refractivity contribution < 1.29 is 4.55 Å². The van der Waals surface area contributed by atoms with E-state index in [1.807, 2.05) is 0 Å². The van der Waals surface area contributed by atoms with Crippen LogP contribution in [0.2, 0.25) is 0 Å². The van der Waals surface area contributed by atoms with Crippen LogP contribution in [0.4, 0.5) is 0 Å². The van der Waals surface area contributed by atoms with E-state index in [4.69, 9.17) is 0 Å². The maximum absolute atomic E-state index is 12.6. The van der Waals surface area contributed by atoms with Gasteiger partial charge in [-0.05, 0) is 64.6 Å². The first-order valence-electron chi connectivity index (χ1n) is 6.70. The molecule has 0 heterocycles. The first-order chi connectivity index (χ1) is 7.28. The van der Waals surface area contributed by atoms with Gasteiger partial charge in [0.15, 0.2) is 0 Å². The first kappa shape index (κ1) is 16.3. The van der Waals surface area contributed by atoms with E-state index in [9.17, 15) is 4.55 Å². The minimum absolute atomic E-state index is 0.0345. The summed E-state index contributed by atoms with van der Waals surface area (Å²) in [6.45, 7) is 13.0. The fourth-order valence-corrected chi connectivity index (χ4v) is 4.29. The highest BCUT2D eigenvalue weighted by atomic mass is 32.2. The van der Waals surface area contributed by atoms with Gasteiger partial charge in [0.05, 0.1) is 0 Å². The van der Waals surface area contributed by atoms with Gasteiger partial charge in [-0.25, -0.2) is 0 Å². The van der Waals surface area contributed by atoms with E-state index in [-0.39, 0.29) is 9.49 Å². The lowest BCUT2D eigenvalue weighted by atomic mass is 10.1. The van der Waals surface area contributed by atoms with Crippen molar-refractivity contribution in [1.29, 1.82) is 0 Å². The van der Waals surface area contributed by atoms with Gasteiger partial charge in [0.25, 0.3) is 0 Å². The van der Waals surface area contributed by atoms with Gasteiger partial charge in [0, 0.05) is 0 Å². The Hall–Kier alpha value is 0.310. The molecule has 0 saturated carbocycles. The monoisotopic (exact) mass is 246 g/mol. The summed E-state index contributed by atoms with van der Waals surface area (Å²) in [5.74, 6) is 0. The van der Waals surface area contributed by atoms with E-state index in [1.54, 1.807) is 0 Å². The standard InChI is InChI=1S/C14H30OS/c1-7-9-11-13(3,4)16(15)14(5,6)12-10-8-2/h7-12H2,1-6H3. The Morgan fingerprint density at radius 2 is 1.12 bits per heavy atom. The number of unbranched alkanes of at least 4 members (excludes halogenated alkanes) is 2. The summed E-state index contributed by atoms with van der Waals surface area (Å²) in [5, 5.41) is 0. The highest BCUT2D eigenvalue weighted by Gasteiger charge is 2.42. The Bertz CT molecular complexity index is 167. The summed E-state index contributed by atoms with van der Waals surface area (Å²) in [7, 11) is 0. The van der Waals surface area contributed by atoms with E-state index < -0.39 is 11.2 Å². The average Bonchev–Trinajstić information content (AvgIpc) is 2.22. The Balaban J connectivity index is 4.42. The van der Waals surface area contributed by atoms with Crippen LogP contribution >= 0.6 is 0 Å². The van der Waals surface area contributed by atoms with E-state index in [0.717, 1.165) is 12.8 Å². The molecule has 0 N–H and O–H groups in total. The lowest BCUT2D eigenvalue weighted by molar-refractivity contribution is 0.462. The van der Waals surface area contributed by atoms with Gasteiger partial charge < -0.3 is 4.55 Å². The molecule has 1 nitrogen and oxygen atoms in total. The average molecular weight is 246 g/mol. The van der Waals surface area contributed by atoms with Crippen LogP contribution in [0.3, 0.4) is 0 Å². The molecule has 0 spiro atoms. The van der Waals surface area contributed by atoms with Crippen LogP contribution in [0.1, 0.15) is 80.1 Å². The molecule has 0 saturated heterocycles. The molecular formula is C14H30OS. The third kappa shape index (κ3) is 5.09. The van der Waals surface area contributed by atoms with E-state index in [0.29, 0.717) is 0 Å². The van der Waals surface area contributed by atoms with E-state index in [2.05, 4.69) is 41.5 Å². The minimum Gasteiger partial charge on any atom is -0.616 e. The summed E-state index contributed by atoms with van der Waals surface area (Å²) in [4.78, 5) is 0. The first-order valence-corrected chi connectivity index (χ1v) is 7.85. The summed E-state index contributed by atoms with van der Waals surface area (Å²) in [6, 6.07) is 0. The van der Waals surface area contributed by atoms with Crippen molar-refractivity contribution in [2.45, 2.75) is 89.6 Å². The Morgan fingerprint density at radius 3 is 1.38 bits per heavy atom. The van der Waals surface area contributed by atoms with Crippen molar-refractivity contribution in [3.63, 3.8) is 0 Å². The second-order valence-electron chi connectivity index (χ2n) is 6.00. The molecule has 0 fully saturated rings. The summed E-state index contributed by atoms with van der Waals surface area (Å²) >= 11 is -0.744. The van der Waals surface area contributed by atoms with Gasteiger partial charge in [-0.3, -0.25) is 0 Å². The molecule has 0 unspecified atom stereocenters. The van der Waals surface area contributed by atoms with E-state index >= 15 is 0 Å². The molecule has 98 valence electrons. The van der Waals surface area contributed by atoms with Gasteiger partial charge in [-0.15, -0.1) is 0 Å². The van der Waals surface area contributed by atoms with Gasteiger partial charge in [0.1, 0.15) is 9.49 Å². The van der Waals surface area contributed by atoms with Gasteiger partial charge in [-0.2, -0.15) is 0 Å². The van der Waals surface area contributed by atoms with Crippen molar-refractivity contribution in [1.82, 2.24) is 0 Å². The van der Waals surface area contributed by atoms with Crippen LogP contribution in [-0.4, -0.2) is 14.0 Å². The molecule has 0 aromatic carbocycles. The topological polar surface area (TPSA) is 23.1 Å². The zero-order valence-corrected chi connectivity index (χ0v) is 12.9. The third-order valence-corrected chi connectivity index (χ3v) is 5.68. The van der Waals surface area contributed by atoms with Crippen molar-refractivity contribution in [2.75, 3.05) is 0 Å². The van der Waals surface area contributed by atoms with Crippen LogP contribution in [0, 0.1) is 0 Å². The summed E-state index contributed by atoms with van der Waals surface area (Å²) in [5.41, 5.74) is 0. The molecule has 0 radical (unpaired) electrons. The lowest BCUT2D eigenvalue weighted by Crippen LogP contribution is -2.45. The van der Waals surface area contributed by atoms with Gasteiger partial charge in [0.2, 0.25) is 0 Å². The van der Waals surface area contributed by atoms with Crippen LogP contribution in [0.25, 0.3) is 0 Å². The fraction of sp³-hybridized carbons (Fsp3) is 1.00. The summed E-state index contributed by atoms with van der Waals surface area (Å²) < 4.78 is 12.5. The van der Waals surface area contributed by atoms with Crippen molar-refractivity contribution in [3.8, 4) is 0 Å². The Morgan fingerprint density at radius 1 is 0.812 bits per heavy atom. The second-order valence-corrected chi connectivity index (χ2v) is 8.74. The smallest absolute Gasteiger partial charge is 0.120 e. The quantitative estimate of drug-likeness (QED) is 0.571. The maximum Gasteiger partial charge on any atom is 0.120 e. The van der Waals surface area contributed by atoms with Gasteiger partial charge in [-0.1, -0.05) is 26.7 Å². The van der Waals surface area contributed by atoms with Crippen molar-refractivity contribution in [3.05, 3.63) is 0 Å². The molecule has 0 atom stereocenters. The van der Waals surface area contributed by atoms with Crippen molar-refractivity contribution in [2.24, 2.45) is 0 Å². The molecule has 0 aromatic heterocycles. The largest absolute Gasteiger partial charge is 0.616 e. The molecule has 0 amide bonds. The number of hydrogen-bond acceptors (Lipinski definition) is 1. The third-order valence-electron chi connectivity index (χ3n) is 3.27. The van der Waals surface area contributed by atoms with Crippen LogP contribution < -0.4 is 0 Å². The zero-order chi connectivity index (χ0) is 12.8. The Kier molecular flexibility index (Phi) is 7.04. The second kappa shape index (κ2) is 6.90. The highest BCUT2D eigenvalue weighted by molar-refractivity contribution is 7.94. The number of hydrogen-bond donors (Lipinski definition) is 0. The molecule has 2 heteroatoms. The SMILES string of the molecule is CCCCC(C)(C)[S+]([O-])C(C)(C)CCCC. The highest BCUT2D eigenvalue weighted by Crippen LogP contribution is 2.35. The normalized spacial score (nSPS) is 13.5. The van der Waals surface area contributed by atoms with E-state index in [1.165, 1.54) is 25.7 Å². The minimum atomic E-state index is -0.744. The molecule has 0 bridgehead atoms. The molecule has 16 heavy (non-hydrogen) atoms. The predicted octanol–water partition coefficient (Wildman–Crippen LogP) is 4.67. The predicted molar refractivity (Wildman–Crippen MR) is 75.4 cm³/mol. The molecule has 0 rings (SSSR count). The van der Waals surface area contributed by atoms with Crippen LogP contribution in [-0.2, 0) is 11.2 Å².